The molecule has 0 aliphatic rings. The van der Waals surface area contributed by atoms with Gasteiger partial charge in [0.2, 0.25) is 17.7 Å². The number of aliphatic carboxylic acids is 2. The van der Waals surface area contributed by atoms with Crippen LogP contribution in [-0.2, 0) is 36.8 Å². The third-order valence-corrected chi connectivity index (χ3v) is 6.54. The summed E-state index contributed by atoms with van der Waals surface area (Å²) in [5, 5.41) is 45.8. The van der Waals surface area contributed by atoms with Gasteiger partial charge in [0.05, 0.1) is 12.6 Å². The molecule has 0 radical (unpaired) electrons. The molecule has 4 unspecified atom stereocenters. The summed E-state index contributed by atoms with van der Waals surface area (Å²) < 4.78 is 0. The van der Waals surface area contributed by atoms with Crippen molar-refractivity contribution in [3.63, 3.8) is 0 Å². The number of amides is 3. The molecule has 224 valence electrons. The summed E-state index contributed by atoms with van der Waals surface area (Å²) in [5.74, 6) is -5.15. The third-order valence-electron chi connectivity index (χ3n) is 6.54. The smallest absolute Gasteiger partial charge is 0.326 e. The van der Waals surface area contributed by atoms with E-state index in [0.29, 0.717) is 11.1 Å². The molecule has 42 heavy (non-hydrogen) atoms. The molecule has 0 spiro atoms. The van der Waals surface area contributed by atoms with Gasteiger partial charge in [0, 0.05) is 36.4 Å². The molecule has 4 atom stereocenters. The molecule has 0 saturated carbocycles. The number of aromatic hydroxyl groups is 1. The maximum Gasteiger partial charge on any atom is 0.326 e. The van der Waals surface area contributed by atoms with E-state index in [1.165, 1.54) is 24.3 Å². The largest absolute Gasteiger partial charge is 0.508 e. The number of phenolic OH excluding ortho intramolecular Hbond substituents is 1. The zero-order valence-corrected chi connectivity index (χ0v) is 22.4. The number of nitrogens with one attached hydrogen (secondary N) is 4. The molecule has 10 N–H and O–H groups in total. The molecule has 14 heteroatoms. The third kappa shape index (κ3) is 8.78. The average molecular weight is 584 g/mol. The molecule has 3 aromatic rings. The van der Waals surface area contributed by atoms with Crippen molar-refractivity contribution < 1.29 is 44.4 Å². The molecule has 0 aliphatic heterocycles. The highest BCUT2D eigenvalue weighted by molar-refractivity contribution is 5.95. The Morgan fingerprint density at radius 3 is 2.07 bits per heavy atom. The summed E-state index contributed by atoms with van der Waals surface area (Å²) in [5.41, 5.74) is 7.62. The molecule has 0 saturated heterocycles. The molecule has 1 aromatic heterocycles. The van der Waals surface area contributed by atoms with E-state index in [9.17, 15) is 39.3 Å². The Bertz CT molecular complexity index is 1420. The molecular formula is C28H33N5O9. The second kappa shape index (κ2) is 14.6. The Balaban J connectivity index is 1.80. The van der Waals surface area contributed by atoms with E-state index >= 15 is 0 Å². The molecule has 1 heterocycles. The quantitative estimate of drug-likeness (QED) is 0.110. The minimum atomic E-state index is -1.53. The predicted octanol–water partition coefficient (Wildman–Crippen LogP) is -0.618. The van der Waals surface area contributed by atoms with Gasteiger partial charge in [-0.2, -0.15) is 0 Å². The first-order valence-electron chi connectivity index (χ1n) is 13.0. The summed E-state index contributed by atoms with van der Waals surface area (Å²) in [4.78, 5) is 64.7. The van der Waals surface area contributed by atoms with Crippen LogP contribution in [0.15, 0.2) is 54.7 Å². The molecule has 14 nitrogen and oxygen atoms in total. The number of phenols is 1. The van der Waals surface area contributed by atoms with Crippen molar-refractivity contribution in [2.45, 2.75) is 49.9 Å². The minimum absolute atomic E-state index is 0.00969. The van der Waals surface area contributed by atoms with E-state index in [1.807, 2.05) is 12.1 Å². The lowest BCUT2D eigenvalue weighted by Crippen LogP contribution is -2.58. The number of carbonyl (C=O) groups excluding carboxylic acids is 3. The number of fused-ring (bicyclic) bond motifs is 1. The lowest BCUT2D eigenvalue weighted by Gasteiger charge is -2.24. The van der Waals surface area contributed by atoms with Crippen molar-refractivity contribution >= 4 is 40.6 Å². The van der Waals surface area contributed by atoms with Gasteiger partial charge in [-0.05, 0) is 35.7 Å². The van der Waals surface area contributed by atoms with Crippen molar-refractivity contribution in [3.05, 3.63) is 65.9 Å². The number of hydrogen-bond donors (Lipinski definition) is 9. The fourth-order valence-corrected chi connectivity index (χ4v) is 4.23. The van der Waals surface area contributed by atoms with Crippen LogP contribution < -0.4 is 21.7 Å². The van der Waals surface area contributed by atoms with E-state index in [4.69, 9.17) is 10.8 Å². The SMILES string of the molecule is NC(CCC(=O)O)C(=O)NC(CO)C(=O)NC(Cc1c[nH]c2ccccc12)C(=O)NC(Cc1ccc(O)cc1)C(=O)O. The lowest BCUT2D eigenvalue weighted by atomic mass is 10.0. The van der Waals surface area contributed by atoms with E-state index in [0.717, 1.165) is 10.9 Å². The van der Waals surface area contributed by atoms with Gasteiger partial charge in [-0.1, -0.05) is 30.3 Å². The number of carboxylic acids is 2. The van der Waals surface area contributed by atoms with E-state index in [-0.39, 0.29) is 31.4 Å². The van der Waals surface area contributed by atoms with Crippen LogP contribution in [0.25, 0.3) is 10.9 Å². The number of para-hydroxylation sites is 1. The molecule has 2 aromatic carbocycles. The zero-order chi connectivity index (χ0) is 30.8. The number of benzene rings is 2. The second-order valence-corrected chi connectivity index (χ2v) is 9.68. The van der Waals surface area contributed by atoms with Crippen molar-refractivity contribution in [1.82, 2.24) is 20.9 Å². The maximum absolute atomic E-state index is 13.4. The van der Waals surface area contributed by atoms with Gasteiger partial charge in [0.1, 0.15) is 23.9 Å². The Hall–Kier alpha value is -4.95. The summed E-state index contributed by atoms with van der Waals surface area (Å²) in [6.07, 6.45) is 0.876. The van der Waals surface area contributed by atoms with Crippen LogP contribution in [0.3, 0.4) is 0 Å². The zero-order valence-electron chi connectivity index (χ0n) is 22.4. The van der Waals surface area contributed by atoms with Gasteiger partial charge in [-0.3, -0.25) is 19.2 Å². The standard InChI is InChI=1S/C28H33N5O9/c29-19(9-10-24(36)37)25(38)33-23(14-34)27(40)31-21(12-16-13-30-20-4-2-1-3-18(16)20)26(39)32-22(28(41)42)11-15-5-7-17(35)8-6-15/h1-8,13,19,21-23,30,34-35H,9-12,14,29H2,(H,31,40)(H,32,39)(H,33,38)(H,36,37)(H,41,42). The highest BCUT2D eigenvalue weighted by Crippen LogP contribution is 2.19. The van der Waals surface area contributed by atoms with Gasteiger partial charge >= 0.3 is 11.9 Å². The monoisotopic (exact) mass is 583 g/mol. The number of rotatable bonds is 15. The normalized spacial score (nSPS) is 13.9. The van der Waals surface area contributed by atoms with E-state index in [2.05, 4.69) is 20.9 Å². The average Bonchev–Trinajstić information content (AvgIpc) is 3.37. The van der Waals surface area contributed by atoms with Crippen LogP contribution in [0.4, 0.5) is 0 Å². The maximum atomic E-state index is 13.4. The molecule has 0 bridgehead atoms. The predicted molar refractivity (Wildman–Crippen MR) is 149 cm³/mol. The highest BCUT2D eigenvalue weighted by atomic mass is 16.4. The van der Waals surface area contributed by atoms with Gasteiger partial charge in [-0.25, -0.2) is 4.79 Å². The molecule has 3 rings (SSSR count). The van der Waals surface area contributed by atoms with E-state index < -0.39 is 60.4 Å². The van der Waals surface area contributed by atoms with Crippen LogP contribution in [0, 0.1) is 0 Å². The fourth-order valence-electron chi connectivity index (χ4n) is 4.23. The van der Waals surface area contributed by atoms with Crippen molar-refractivity contribution in [3.8, 4) is 5.75 Å². The van der Waals surface area contributed by atoms with Crippen LogP contribution in [0.2, 0.25) is 0 Å². The topological polar surface area (TPSA) is 244 Å². The van der Waals surface area contributed by atoms with Crippen molar-refractivity contribution in [2.24, 2.45) is 5.73 Å². The molecule has 3 amide bonds. The lowest BCUT2D eigenvalue weighted by molar-refractivity contribution is -0.142. The number of aliphatic hydroxyl groups excluding tert-OH is 1. The Morgan fingerprint density at radius 2 is 1.43 bits per heavy atom. The Morgan fingerprint density at radius 1 is 0.810 bits per heavy atom. The van der Waals surface area contributed by atoms with Crippen molar-refractivity contribution in [1.29, 1.82) is 0 Å². The van der Waals surface area contributed by atoms with Gasteiger partial charge < -0.3 is 47.1 Å². The first kappa shape index (κ1) is 31.6. The molecular weight excluding hydrogens is 550 g/mol. The number of hydrogen-bond acceptors (Lipinski definition) is 8. The van der Waals surface area contributed by atoms with E-state index in [1.54, 1.807) is 18.3 Å². The second-order valence-electron chi connectivity index (χ2n) is 9.68. The number of carbonyl (C=O) groups is 5. The summed E-state index contributed by atoms with van der Waals surface area (Å²) in [7, 11) is 0. The fraction of sp³-hybridized carbons (Fsp3) is 0.321. The first-order chi connectivity index (χ1) is 20.0. The summed E-state index contributed by atoms with van der Waals surface area (Å²) >= 11 is 0. The van der Waals surface area contributed by atoms with Gasteiger partial charge in [0.25, 0.3) is 0 Å². The first-order valence-corrected chi connectivity index (χ1v) is 13.0. The molecule has 0 aliphatic carbocycles. The minimum Gasteiger partial charge on any atom is -0.508 e. The molecule has 0 fully saturated rings. The number of aromatic amines is 1. The van der Waals surface area contributed by atoms with Crippen LogP contribution in [-0.4, -0.2) is 85.8 Å². The highest BCUT2D eigenvalue weighted by Gasteiger charge is 2.31. The number of aromatic nitrogens is 1. The Labute approximate surface area is 239 Å². The van der Waals surface area contributed by atoms with Gasteiger partial charge in [-0.15, -0.1) is 0 Å². The van der Waals surface area contributed by atoms with Crippen molar-refractivity contribution in [2.75, 3.05) is 6.61 Å². The van der Waals surface area contributed by atoms with Crippen LogP contribution >= 0.6 is 0 Å². The van der Waals surface area contributed by atoms with Gasteiger partial charge in [0.15, 0.2) is 0 Å². The summed E-state index contributed by atoms with van der Waals surface area (Å²) in [6, 6.07) is 7.50. The number of aliphatic hydroxyl groups is 1. The summed E-state index contributed by atoms with van der Waals surface area (Å²) in [6.45, 7) is -0.858. The van der Waals surface area contributed by atoms with Crippen LogP contribution in [0.1, 0.15) is 24.0 Å². The number of nitrogens with two attached hydrogens (primary N) is 1. The van der Waals surface area contributed by atoms with Crippen LogP contribution in [0.5, 0.6) is 5.75 Å². The number of carboxylic acid groups (broad SMARTS) is 2. The number of H-pyrrole nitrogens is 1. The Kier molecular flexibility index (Phi) is 11.0.